The van der Waals surface area contributed by atoms with E-state index in [0.29, 0.717) is 21.6 Å². The highest BCUT2D eigenvalue weighted by Crippen LogP contribution is 2.34. The third-order valence-corrected chi connectivity index (χ3v) is 6.60. The molecule has 3 rings (SSSR count). The highest BCUT2D eigenvalue weighted by molar-refractivity contribution is 7.22. The summed E-state index contributed by atoms with van der Waals surface area (Å²) in [5, 5.41) is 2.28. The third kappa shape index (κ3) is 4.60. The van der Waals surface area contributed by atoms with Gasteiger partial charge >= 0.3 is 0 Å². The minimum Gasteiger partial charge on any atom is -0.308 e. The second-order valence-corrected chi connectivity index (χ2v) is 9.04. The second-order valence-electron chi connectivity index (χ2n) is 6.42. The maximum atomic E-state index is 13.2. The van der Waals surface area contributed by atoms with Gasteiger partial charge in [-0.1, -0.05) is 22.9 Å². The molecule has 9 heteroatoms. The van der Waals surface area contributed by atoms with Gasteiger partial charge in [0, 0.05) is 18.1 Å². The zero-order valence-corrected chi connectivity index (χ0v) is 19.1. The van der Waals surface area contributed by atoms with E-state index in [1.807, 2.05) is 47.0 Å². The van der Waals surface area contributed by atoms with Gasteiger partial charge in [-0.25, -0.2) is 9.97 Å². The van der Waals surface area contributed by atoms with Crippen molar-refractivity contribution in [3.8, 4) is 0 Å². The van der Waals surface area contributed by atoms with Gasteiger partial charge in [0.15, 0.2) is 5.13 Å². The number of hydrogen-bond donors (Lipinski definition) is 0. The van der Waals surface area contributed by atoms with E-state index in [1.54, 1.807) is 4.90 Å². The van der Waals surface area contributed by atoms with Crippen LogP contribution in [0.2, 0.25) is 5.02 Å². The highest BCUT2D eigenvalue weighted by atomic mass is 35.5. The molecule has 1 aromatic carbocycles. The number of likely N-dealkylation sites (N-methyl/N-ethyl adjacent to an activating group) is 1. The van der Waals surface area contributed by atoms with Gasteiger partial charge in [0.05, 0.1) is 20.9 Å². The van der Waals surface area contributed by atoms with E-state index in [9.17, 15) is 4.79 Å². The fourth-order valence-electron chi connectivity index (χ4n) is 2.64. The van der Waals surface area contributed by atoms with Crippen LogP contribution < -0.4 is 4.90 Å². The Morgan fingerprint density at radius 2 is 1.81 bits per heavy atom. The quantitative estimate of drug-likeness (QED) is 0.557. The number of carbonyl (C=O) groups is 1. The topological polar surface area (TPSA) is 49.3 Å². The Morgan fingerprint density at radius 1 is 1.11 bits per heavy atom. The summed E-state index contributed by atoms with van der Waals surface area (Å²) < 4.78 is 1.03. The largest absolute Gasteiger partial charge is 0.308 e. The van der Waals surface area contributed by atoms with Crippen molar-refractivity contribution >= 4 is 67.9 Å². The molecule has 0 N–H and O–H groups in total. The smallest absolute Gasteiger partial charge is 0.272 e. The Labute approximate surface area is 178 Å². The molecule has 0 bridgehead atoms. The fourth-order valence-corrected chi connectivity index (χ4v) is 4.71. The molecular formula is C18H22Cl2N4OS2. The van der Waals surface area contributed by atoms with Gasteiger partial charge in [-0.15, -0.1) is 23.7 Å². The minimum atomic E-state index is -0.0437. The minimum absolute atomic E-state index is 0. The summed E-state index contributed by atoms with van der Waals surface area (Å²) in [5.41, 5.74) is 2.57. The number of anilines is 1. The molecule has 0 aliphatic heterocycles. The van der Waals surface area contributed by atoms with Gasteiger partial charge in [-0.3, -0.25) is 9.69 Å². The maximum absolute atomic E-state index is 13.2. The number of carbonyl (C=O) groups excluding carboxylic acids is 1. The number of benzene rings is 1. The SMILES string of the molecule is Cc1nc(C)c(C(=O)N(CCN(C)C)c2nc3c(C)c(Cl)ccc3s2)s1.Cl. The number of thiazole rings is 2. The predicted octanol–water partition coefficient (Wildman–Crippen LogP) is 4.96. The van der Waals surface area contributed by atoms with Crippen LogP contribution in [0.5, 0.6) is 0 Å². The lowest BCUT2D eigenvalue weighted by molar-refractivity contribution is 0.0988. The number of aromatic nitrogens is 2. The Bertz CT molecular complexity index is 968. The summed E-state index contributed by atoms with van der Waals surface area (Å²) in [7, 11) is 3.99. The Kier molecular flexibility index (Phi) is 7.21. The molecule has 0 spiro atoms. The molecule has 0 fully saturated rings. The molecule has 2 aromatic heterocycles. The van der Waals surface area contributed by atoms with E-state index >= 15 is 0 Å². The van der Waals surface area contributed by atoms with Crippen molar-refractivity contribution in [2.75, 3.05) is 32.1 Å². The summed E-state index contributed by atoms with van der Waals surface area (Å²) in [6.07, 6.45) is 0. The van der Waals surface area contributed by atoms with Crippen molar-refractivity contribution < 1.29 is 4.79 Å². The zero-order chi connectivity index (χ0) is 19.0. The molecule has 0 aliphatic rings. The van der Waals surface area contributed by atoms with Gasteiger partial charge in [-0.2, -0.15) is 0 Å². The van der Waals surface area contributed by atoms with E-state index < -0.39 is 0 Å². The van der Waals surface area contributed by atoms with Gasteiger partial charge in [0.2, 0.25) is 0 Å². The van der Waals surface area contributed by atoms with E-state index in [4.69, 9.17) is 16.6 Å². The molecule has 2 heterocycles. The van der Waals surface area contributed by atoms with Crippen LogP contribution in [0.15, 0.2) is 12.1 Å². The zero-order valence-electron chi connectivity index (χ0n) is 15.9. The van der Waals surface area contributed by atoms with Crippen molar-refractivity contribution in [1.29, 1.82) is 0 Å². The van der Waals surface area contributed by atoms with E-state index in [0.717, 1.165) is 33.0 Å². The number of nitrogens with zero attached hydrogens (tertiary/aromatic N) is 4. The normalized spacial score (nSPS) is 11.1. The van der Waals surface area contributed by atoms with Crippen LogP contribution in [-0.2, 0) is 0 Å². The Hall–Kier alpha value is -1.25. The molecule has 0 radical (unpaired) electrons. The molecule has 0 aliphatic carbocycles. The van der Waals surface area contributed by atoms with E-state index in [-0.39, 0.29) is 18.3 Å². The predicted molar refractivity (Wildman–Crippen MR) is 118 cm³/mol. The van der Waals surface area contributed by atoms with Crippen LogP contribution in [0.25, 0.3) is 10.2 Å². The van der Waals surface area contributed by atoms with E-state index in [1.165, 1.54) is 22.7 Å². The average molecular weight is 445 g/mol. The van der Waals surface area contributed by atoms with Crippen LogP contribution in [0.1, 0.15) is 25.9 Å². The lowest BCUT2D eigenvalue weighted by atomic mass is 10.2. The monoisotopic (exact) mass is 444 g/mol. The highest BCUT2D eigenvalue weighted by Gasteiger charge is 2.25. The Balaban J connectivity index is 0.00000261. The summed E-state index contributed by atoms with van der Waals surface area (Å²) in [6, 6.07) is 3.84. The van der Waals surface area contributed by atoms with Crippen molar-refractivity contribution in [3.05, 3.63) is 38.3 Å². The van der Waals surface area contributed by atoms with Gasteiger partial charge < -0.3 is 4.90 Å². The lowest BCUT2D eigenvalue weighted by Crippen LogP contribution is -2.36. The molecular weight excluding hydrogens is 423 g/mol. The first kappa shape index (κ1) is 22.0. The number of aryl methyl sites for hydroxylation is 3. The van der Waals surface area contributed by atoms with Crippen LogP contribution in [0.4, 0.5) is 5.13 Å². The summed E-state index contributed by atoms with van der Waals surface area (Å²) >= 11 is 9.18. The number of amides is 1. The van der Waals surface area contributed by atoms with Crippen LogP contribution in [0, 0.1) is 20.8 Å². The summed E-state index contributed by atoms with van der Waals surface area (Å²) in [6.45, 7) is 7.06. The standard InChI is InChI=1S/C18H21ClN4OS2.ClH/c1-10-13(19)6-7-14-15(10)21-18(26-14)23(9-8-22(4)5)17(24)16-11(2)20-12(3)25-16;/h6-7H,8-9H2,1-5H3;1H. The van der Waals surface area contributed by atoms with Crippen molar-refractivity contribution in [2.45, 2.75) is 20.8 Å². The lowest BCUT2D eigenvalue weighted by Gasteiger charge is -2.21. The molecule has 5 nitrogen and oxygen atoms in total. The number of rotatable bonds is 5. The van der Waals surface area contributed by atoms with Crippen LogP contribution in [-0.4, -0.2) is 48.0 Å². The second kappa shape index (κ2) is 8.84. The number of hydrogen-bond acceptors (Lipinski definition) is 6. The van der Waals surface area contributed by atoms with Gasteiger partial charge in [-0.05, 0) is 52.6 Å². The molecule has 146 valence electrons. The third-order valence-electron chi connectivity index (χ3n) is 4.08. The number of halogens is 2. The maximum Gasteiger partial charge on any atom is 0.272 e. The fraction of sp³-hybridized carbons (Fsp3) is 0.389. The molecule has 0 saturated heterocycles. The molecule has 0 saturated carbocycles. The first-order valence-corrected chi connectivity index (χ1v) is 10.2. The number of fused-ring (bicyclic) bond motifs is 1. The van der Waals surface area contributed by atoms with E-state index in [2.05, 4.69) is 9.88 Å². The molecule has 27 heavy (non-hydrogen) atoms. The molecule has 1 amide bonds. The first-order valence-electron chi connectivity index (χ1n) is 8.24. The van der Waals surface area contributed by atoms with Crippen molar-refractivity contribution in [3.63, 3.8) is 0 Å². The molecule has 0 unspecified atom stereocenters. The van der Waals surface area contributed by atoms with Gasteiger partial charge in [0.1, 0.15) is 4.88 Å². The average Bonchev–Trinajstić information content (AvgIpc) is 3.14. The van der Waals surface area contributed by atoms with Gasteiger partial charge in [0.25, 0.3) is 5.91 Å². The molecule has 0 atom stereocenters. The summed E-state index contributed by atoms with van der Waals surface area (Å²) in [4.78, 5) is 26.9. The van der Waals surface area contributed by atoms with Crippen LogP contribution in [0.3, 0.4) is 0 Å². The summed E-state index contributed by atoms with van der Waals surface area (Å²) in [5.74, 6) is -0.0437. The van der Waals surface area contributed by atoms with Crippen molar-refractivity contribution in [2.24, 2.45) is 0 Å². The Morgan fingerprint density at radius 3 is 2.41 bits per heavy atom. The van der Waals surface area contributed by atoms with Crippen molar-refractivity contribution in [1.82, 2.24) is 14.9 Å². The molecule has 3 aromatic rings. The first-order chi connectivity index (χ1) is 12.3. The van der Waals surface area contributed by atoms with Crippen LogP contribution >= 0.6 is 46.7 Å².